The van der Waals surface area contributed by atoms with Gasteiger partial charge in [0.05, 0.1) is 13.2 Å². The molecule has 0 N–H and O–H groups in total. The number of carbonyl (C=O) groups excluding carboxylic acids is 1. The van der Waals surface area contributed by atoms with Gasteiger partial charge in [-0.25, -0.2) is 4.79 Å². The van der Waals surface area contributed by atoms with Crippen LogP contribution in [0.5, 0.6) is 5.75 Å². The van der Waals surface area contributed by atoms with E-state index in [2.05, 4.69) is 6.92 Å². The number of hydrogen-bond acceptors (Lipinski definition) is 3. The number of cyclic esters (lactones) is 1. The molecule has 0 bridgehead atoms. The molecule has 1 fully saturated rings. The number of esters is 1. The molecule has 0 spiro atoms. The molecule has 3 nitrogen and oxygen atoms in total. The van der Waals surface area contributed by atoms with E-state index >= 15 is 0 Å². The van der Waals surface area contributed by atoms with Gasteiger partial charge in [0.1, 0.15) is 5.75 Å². The van der Waals surface area contributed by atoms with Gasteiger partial charge in [0.25, 0.3) is 0 Å². The largest absolute Gasteiger partial charge is 0.493 e. The lowest BCUT2D eigenvalue weighted by Crippen LogP contribution is -1.98. The first kappa shape index (κ1) is 11.7. The second-order valence-corrected chi connectivity index (χ2v) is 3.94. The molecule has 0 amide bonds. The third-order valence-electron chi connectivity index (χ3n) is 2.58. The van der Waals surface area contributed by atoms with Gasteiger partial charge in [-0.2, -0.15) is 0 Å². The van der Waals surface area contributed by atoms with E-state index in [0.717, 1.165) is 23.3 Å². The molecular weight excluding hydrogens is 216 g/mol. The van der Waals surface area contributed by atoms with Gasteiger partial charge in [-0.3, -0.25) is 0 Å². The van der Waals surface area contributed by atoms with E-state index in [0.29, 0.717) is 19.6 Å². The molecule has 0 atom stereocenters. The smallest absolute Gasteiger partial charge is 0.334 e. The van der Waals surface area contributed by atoms with E-state index in [1.165, 1.54) is 0 Å². The molecule has 3 heteroatoms. The fourth-order valence-corrected chi connectivity index (χ4v) is 1.71. The Morgan fingerprint density at radius 3 is 2.94 bits per heavy atom. The van der Waals surface area contributed by atoms with E-state index < -0.39 is 0 Å². The summed E-state index contributed by atoms with van der Waals surface area (Å²) in [5.74, 6) is 0.608. The van der Waals surface area contributed by atoms with E-state index in [1.54, 1.807) is 0 Å². The molecule has 1 aromatic carbocycles. The molecule has 0 unspecified atom stereocenters. The van der Waals surface area contributed by atoms with Gasteiger partial charge < -0.3 is 9.47 Å². The van der Waals surface area contributed by atoms with Crippen molar-refractivity contribution in [1.82, 2.24) is 0 Å². The summed E-state index contributed by atoms with van der Waals surface area (Å²) >= 11 is 0. The van der Waals surface area contributed by atoms with E-state index in [1.807, 2.05) is 30.3 Å². The maximum Gasteiger partial charge on any atom is 0.334 e. The Hall–Kier alpha value is -1.77. The van der Waals surface area contributed by atoms with Crippen molar-refractivity contribution in [3.8, 4) is 5.75 Å². The van der Waals surface area contributed by atoms with Crippen LogP contribution in [-0.4, -0.2) is 19.2 Å². The number of rotatable bonds is 4. The maximum atomic E-state index is 11.4. The lowest BCUT2D eigenvalue weighted by Gasteiger charge is -2.07. The van der Waals surface area contributed by atoms with E-state index in [9.17, 15) is 4.79 Å². The van der Waals surface area contributed by atoms with Crippen molar-refractivity contribution in [3.05, 3.63) is 35.4 Å². The fourth-order valence-electron chi connectivity index (χ4n) is 1.71. The topological polar surface area (TPSA) is 35.5 Å². The Bertz CT molecular complexity index is 435. The molecule has 2 rings (SSSR count). The van der Waals surface area contributed by atoms with Crippen molar-refractivity contribution in [3.63, 3.8) is 0 Å². The zero-order valence-electron chi connectivity index (χ0n) is 9.94. The van der Waals surface area contributed by atoms with Crippen LogP contribution in [0, 0.1) is 0 Å². The van der Waals surface area contributed by atoms with Crippen molar-refractivity contribution in [2.75, 3.05) is 13.2 Å². The Kier molecular flexibility index (Phi) is 3.81. The average molecular weight is 232 g/mol. The van der Waals surface area contributed by atoms with Crippen molar-refractivity contribution < 1.29 is 14.3 Å². The highest BCUT2D eigenvalue weighted by Crippen LogP contribution is 2.24. The first-order valence-corrected chi connectivity index (χ1v) is 5.91. The SMILES string of the molecule is CCCOc1ccccc1/C=C1\CCOC1=O. The standard InChI is InChI=1S/C14H16O3/c1-2-8-16-13-6-4-3-5-11(13)10-12-7-9-17-14(12)15/h3-6,10H,2,7-9H2,1H3/b12-10+. The van der Waals surface area contributed by atoms with Gasteiger partial charge in [-0.05, 0) is 18.6 Å². The van der Waals surface area contributed by atoms with Crippen LogP contribution >= 0.6 is 0 Å². The third-order valence-corrected chi connectivity index (χ3v) is 2.58. The van der Waals surface area contributed by atoms with Crippen LogP contribution in [0.2, 0.25) is 0 Å². The zero-order valence-corrected chi connectivity index (χ0v) is 9.94. The molecule has 0 aromatic heterocycles. The predicted octanol–water partition coefficient (Wildman–Crippen LogP) is 2.81. The number of benzene rings is 1. The van der Waals surface area contributed by atoms with Gasteiger partial charge in [0.15, 0.2) is 0 Å². The van der Waals surface area contributed by atoms with E-state index in [-0.39, 0.29) is 5.97 Å². The van der Waals surface area contributed by atoms with Gasteiger partial charge in [0, 0.05) is 17.6 Å². The average Bonchev–Trinajstić information content (AvgIpc) is 2.74. The molecule has 0 radical (unpaired) electrons. The van der Waals surface area contributed by atoms with Crippen molar-refractivity contribution in [2.45, 2.75) is 19.8 Å². The van der Waals surface area contributed by atoms with Gasteiger partial charge >= 0.3 is 5.97 Å². The predicted molar refractivity (Wildman–Crippen MR) is 65.8 cm³/mol. The van der Waals surface area contributed by atoms with Crippen LogP contribution in [0.3, 0.4) is 0 Å². The lowest BCUT2D eigenvalue weighted by molar-refractivity contribution is -0.134. The Labute approximate surface area is 101 Å². The summed E-state index contributed by atoms with van der Waals surface area (Å²) < 4.78 is 10.5. The molecule has 1 heterocycles. The Balaban J connectivity index is 2.22. The molecule has 1 aromatic rings. The highest BCUT2D eigenvalue weighted by molar-refractivity contribution is 5.95. The van der Waals surface area contributed by atoms with Crippen LogP contribution < -0.4 is 4.74 Å². The molecule has 0 saturated carbocycles. The summed E-state index contributed by atoms with van der Waals surface area (Å²) in [5, 5.41) is 0. The normalized spacial score (nSPS) is 17.2. The zero-order chi connectivity index (χ0) is 12.1. The maximum absolute atomic E-state index is 11.4. The second-order valence-electron chi connectivity index (χ2n) is 3.94. The molecule has 17 heavy (non-hydrogen) atoms. The summed E-state index contributed by atoms with van der Waals surface area (Å²) in [4.78, 5) is 11.4. The monoisotopic (exact) mass is 232 g/mol. The number of hydrogen-bond donors (Lipinski definition) is 0. The van der Waals surface area contributed by atoms with Crippen molar-refractivity contribution in [2.24, 2.45) is 0 Å². The third kappa shape index (κ3) is 2.87. The molecular formula is C14H16O3. The van der Waals surface area contributed by atoms with Gasteiger partial charge in [0.2, 0.25) is 0 Å². The minimum absolute atomic E-state index is 0.213. The first-order chi connectivity index (χ1) is 8.31. The highest BCUT2D eigenvalue weighted by atomic mass is 16.5. The molecule has 0 aliphatic carbocycles. The Morgan fingerprint density at radius 2 is 2.24 bits per heavy atom. The molecule has 1 saturated heterocycles. The van der Waals surface area contributed by atoms with Crippen LogP contribution in [0.25, 0.3) is 6.08 Å². The van der Waals surface area contributed by atoms with Crippen molar-refractivity contribution >= 4 is 12.0 Å². The van der Waals surface area contributed by atoms with Gasteiger partial charge in [-0.1, -0.05) is 25.1 Å². The van der Waals surface area contributed by atoms with E-state index in [4.69, 9.17) is 9.47 Å². The van der Waals surface area contributed by atoms with Crippen LogP contribution in [-0.2, 0) is 9.53 Å². The Morgan fingerprint density at radius 1 is 1.41 bits per heavy atom. The molecule has 90 valence electrons. The summed E-state index contributed by atoms with van der Waals surface area (Å²) in [6.45, 7) is 3.24. The van der Waals surface area contributed by atoms with Crippen LogP contribution in [0.1, 0.15) is 25.3 Å². The molecule has 1 aliphatic heterocycles. The second kappa shape index (κ2) is 5.53. The minimum Gasteiger partial charge on any atom is -0.493 e. The van der Waals surface area contributed by atoms with Gasteiger partial charge in [-0.15, -0.1) is 0 Å². The van der Waals surface area contributed by atoms with Crippen LogP contribution in [0.4, 0.5) is 0 Å². The number of carbonyl (C=O) groups is 1. The lowest BCUT2D eigenvalue weighted by atomic mass is 10.1. The number of para-hydroxylation sites is 1. The minimum atomic E-state index is -0.213. The summed E-state index contributed by atoms with van der Waals surface area (Å²) in [6, 6.07) is 7.73. The first-order valence-electron chi connectivity index (χ1n) is 5.91. The quantitative estimate of drug-likeness (QED) is 0.591. The summed E-state index contributed by atoms with van der Waals surface area (Å²) in [6.07, 6.45) is 3.51. The van der Waals surface area contributed by atoms with Crippen molar-refractivity contribution in [1.29, 1.82) is 0 Å². The van der Waals surface area contributed by atoms with Crippen LogP contribution in [0.15, 0.2) is 29.8 Å². The summed E-state index contributed by atoms with van der Waals surface area (Å²) in [7, 11) is 0. The fraction of sp³-hybridized carbons (Fsp3) is 0.357. The number of ether oxygens (including phenoxy) is 2. The highest BCUT2D eigenvalue weighted by Gasteiger charge is 2.18. The molecule has 1 aliphatic rings. The summed E-state index contributed by atoms with van der Waals surface area (Å²) in [5.41, 5.74) is 1.66.